The number of carbonyl (C=O) groups excluding carboxylic acids is 1. The molecule has 6 nitrogen and oxygen atoms in total. The van der Waals surface area contributed by atoms with Crippen molar-refractivity contribution in [3.63, 3.8) is 0 Å². The molecule has 1 heterocycles. The Morgan fingerprint density at radius 3 is 2.91 bits per heavy atom. The Bertz CT molecular complexity index is 616. The van der Waals surface area contributed by atoms with Gasteiger partial charge in [-0.05, 0) is 30.9 Å². The first-order valence-corrected chi connectivity index (χ1v) is 7.17. The van der Waals surface area contributed by atoms with Crippen LogP contribution in [0.3, 0.4) is 0 Å². The van der Waals surface area contributed by atoms with Crippen LogP contribution in [-0.4, -0.2) is 18.9 Å². The van der Waals surface area contributed by atoms with E-state index >= 15 is 0 Å². The Balaban J connectivity index is 2.16. The van der Waals surface area contributed by atoms with Gasteiger partial charge in [-0.2, -0.15) is 0 Å². The number of rotatable bonds is 7. The lowest BCUT2D eigenvalue weighted by Gasteiger charge is -2.13. The Labute approximate surface area is 133 Å². The maximum Gasteiger partial charge on any atom is 0.356 e. The van der Waals surface area contributed by atoms with Gasteiger partial charge < -0.3 is 20.2 Å². The molecule has 1 aliphatic rings. The monoisotopic (exact) mass is 323 g/mol. The first-order chi connectivity index (χ1) is 10.5. The number of hydrogen-bond acceptors (Lipinski definition) is 5. The van der Waals surface area contributed by atoms with Crippen molar-refractivity contribution in [1.82, 2.24) is 5.32 Å². The summed E-state index contributed by atoms with van der Waals surface area (Å²) < 4.78 is 9.88. The highest BCUT2D eigenvalue weighted by Crippen LogP contribution is 2.34. The predicted molar refractivity (Wildman–Crippen MR) is 83.9 cm³/mol. The molecule has 22 heavy (non-hydrogen) atoms. The number of ether oxygens (including phenoxy) is 1. The third kappa shape index (κ3) is 4.14. The third-order valence-electron chi connectivity index (χ3n) is 3.17. The number of esters is 1. The number of methoxy groups -OCH3 is 1. The minimum Gasteiger partial charge on any atom is -0.467 e. The molecule has 0 unspecified atom stereocenters. The van der Waals surface area contributed by atoms with Gasteiger partial charge in [0.25, 0.3) is 0 Å². The smallest absolute Gasteiger partial charge is 0.356 e. The number of halogens is 1. The van der Waals surface area contributed by atoms with E-state index in [1.54, 1.807) is 18.4 Å². The molecular formula is C15H18ClN3O3. The van der Waals surface area contributed by atoms with E-state index in [9.17, 15) is 4.79 Å². The normalized spacial score (nSPS) is 16.0. The largest absolute Gasteiger partial charge is 0.467 e. The van der Waals surface area contributed by atoms with Crippen LogP contribution in [0.1, 0.15) is 18.6 Å². The molecule has 0 atom stereocenters. The first kappa shape index (κ1) is 16.2. The van der Waals surface area contributed by atoms with Gasteiger partial charge in [0.2, 0.25) is 0 Å². The molecule has 2 rings (SSSR count). The molecule has 0 bridgehead atoms. The molecule has 0 radical (unpaired) electrons. The Hall–Kier alpha value is -2.21. The maximum absolute atomic E-state index is 11.9. The summed E-state index contributed by atoms with van der Waals surface area (Å²) in [5.41, 5.74) is 6.60. The van der Waals surface area contributed by atoms with Crippen LogP contribution in [0.25, 0.3) is 0 Å². The lowest BCUT2D eigenvalue weighted by Crippen LogP contribution is -2.27. The molecule has 1 saturated carbocycles. The number of hydrogen-bond donors (Lipinski definition) is 2. The molecule has 118 valence electrons. The molecule has 1 aliphatic carbocycles. The lowest BCUT2D eigenvalue weighted by molar-refractivity contribution is -0.136. The van der Waals surface area contributed by atoms with Crippen LogP contribution in [0.2, 0.25) is 0 Å². The number of aliphatic imine (C=N–C) groups is 1. The average Bonchev–Trinajstić information content (AvgIpc) is 3.25. The summed E-state index contributed by atoms with van der Waals surface area (Å²) in [6.07, 6.45) is 3.62. The van der Waals surface area contributed by atoms with Crippen LogP contribution < -0.4 is 11.1 Å². The standard InChI is InChI=1S/C15H18ClN3O3/c1-9(10-5-6-10)19-13(15(20)21-2)12(16)14(17)18-8-11-4-3-7-22-11/h3-4,7,10,19H,1,5-6,8H2,2H3,(H2,17,18). The molecule has 3 N–H and O–H groups in total. The van der Waals surface area contributed by atoms with Crippen molar-refractivity contribution in [3.05, 3.63) is 47.2 Å². The third-order valence-corrected chi connectivity index (χ3v) is 3.56. The highest BCUT2D eigenvalue weighted by atomic mass is 35.5. The summed E-state index contributed by atoms with van der Waals surface area (Å²) in [7, 11) is 1.27. The molecule has 0 spiro atoms. The van der Waals surface area contributed by atoms with E-state index in [0.29, 0.717) is 11.7 Å². The number of allylic oxidation sites excluding steroid dienone is 1. The zero-order valence-electron chi connectivity index (χ0n) is 12.3. The second kappa shape index (κ2) is 7.17. The van der Waals surface area contributed by atoms with E-state index in [1.807, 2.05) is 0 Å². The quantitative estimate of drug-likeness (QED) is 0.348. The van der Waals surface area contributed by atoms with Crippen molar-refractivity contribution >= 4 is 23.4 Å². The van der Waals surface area contributed by atoms with E-state index in [1.165, 1.54) is 7.11 Å². The van der Waals surface area contributed by atoms with Crippen molar-refractivity contribution in [3.8, 4) is 0 Å². The number of amidine groups is 1. The molecule has 1 aromatic rings. The van der Waals surface area contributed by atoms with Gasteiger partial charge >= 0.3 is 5.97 Å². The topological polar surface area (TPSA) is 89.8 Å². The second-order valence-electron chi connectivity index (χ2n) is 4.89. The summed E-state index contributed by atoms with van der Waals surface area (Å²) in [4.78, 5) is 16.0. The van der Waals surface area contributed by atoms with Crippen LogP contribution in [0.4, 0.5) is 0 Å². The molecule has 0 aliphatic heterocycles. The fourth-order valence-corrected chi connectivity index (χ4v) is 1.94. The number of nitrogens with two attached hydrogens (primary N) is 1. The van der Waals surface area contributed by atoms with Crippen molar-refractivity contribution in [2.24, 2.45) is 16.6 Å². The molecule has 0 amide bonds. The van der Waals surface area contributed by atoms with Gasteiger partial charge in [0, 0.05) is 5.70 Å². The van der Waals surface area contributed by atoms with Crippen molar-refractivity contribution < 1.29 is 13.9 Å². The van der Waals surface area contributed by atoms with Gasteiger partial charge in [0.05, 0.1) is 19.9 Å². The van der Waals surface area contributed by atoms with Crippen molar-refractivity contribution in [2.75, 3.05) is 7.11 Å². The van der Waals surface area contributed by atoms with Gasteiger partial charge in [0.15, 0.2) is 0 Å². The number of furan rings is 1. The summed E-state index contributed by atoms with van der Waals surface area (Å²) in [5, 5.41) is 2.90. The van der Waals surface area contributed by atoms with Gasteiger partial charge in [0.1, 0.15) is 22.3 Å². The van der Waals surface area contributed by atoms with Crippen LogP contribution in [0.5, 0.6) is 0 Å². The van der Waals surface area contributed by atoms with Crippen molar-refractivity contribution in [1.29, 1.82) is 0 Å². The van der Waals surface area contributed by atoms with Gasteiger partial charge in [-0.3, -0.25) is 4.99 Å². The van der Waals surface area contributed by atoms with E-state index in [2.05, 4.69) is 16.9 Å². The SMILES string of the molecule is C=C(NC(C(=O)OC)=C(Cl)C(N)=NCc1ccco1)C1CC1. The fourth-order valence-electron chi connectivity index (χ4n) is 1.76. The highest BCUT2D eigenvalue weighted by Gasteiger charge is 2.27. The van der Waals surface area contributed by atoms with Crippen molar-refractivity contribution in [2.45, 2.75) is 19.4 Å². The number of carbonyl (C=O) groups is 1. The highest BCUT2D eigenvalue weighted by molar-refractivity contribution is 6.44. The number of nitrogens with one attached hydrogen (secondary N) is 1. The zero-order chi connectivity index (χ0) is 16.1. The zero-order valence-corrected chi connectivity index (χ0v) is 13.0. The lowest BCUT2D eigenvalue weighted by atomic mass is 10.3. The average molecular weight is 324 g/mol. The molecular weight excluding hydrogens is 306 g/mol. The molecule has 7 heteroatoms. The van der Waals surface area contributed by atoms with Crippen LogP contribution >= 0.6 is 11.6 Å². The van der Waals surface area contributed by atoms with E-state index in [4.69, 9.17) is 26.5 Å². The predicted octanol–water partition coefficient (Wildman–Crippen LogP) is 2.27. The summed E-state index contributed by atoms with van der Waals surface area (Å²) in [6, 6.07) is 3.52. The second-order valence-corrected chi connectivity index (χ2v) is 5.26. The van der Waals surface area contributed by atoms with Crippen LogP contribution in [-0.2, 0) is 16.1 Å². The van der Waals surface area contributed by atoms with Gasteiger partial charge in [-0.1, -0.05) is 18.2 Å². The Morgan fingerprint density at radius 2 is 2.36 bits per heavy atom. The molecule has 1 fully saturated rings. The Morgan fingerprint density at radius 1 is 1.64 bits per heavy atom. The van der Waals surface area contributed by atoms with Gasteiger partial charge in [-0.15, -0.1) is 0 Å². The fraction of sp³-hybridized carbons (Fsp3) is 0.333. The van der Waals surface area contributed by atoms with E-state index in [-0.39, 0.29) is 23.1 Å². The van der Waals surface area contributed by atoms with E-state index < -0.39 is 5.97 Å². The molecule has 0 aromatic carbocycles. The minimum atomic E-state index is -0.622. The van der Waals surface area contributed by atoms with Crippen LogP contribution in [0.15, 0.2) is 50.8 Å². The van der Waals surface area contributed by atoms with Gasteiger partial charge in [-0.25, -0.2) is 4.79 Å². The summed E-state index contributed by atoms with van der Waals surface area (Å²) >= 11 is 6.17. The first-order valence-electron chi connectivity index (χ1n) is 6.79. The maximum atomic E-state index is 11.9. The molecule has 1 aromatic heterocycles. The molecule has 0 saturated heterocycles. The summed E-state index contributed by atoms with van der Waals surface area (Å²) in [6.45, 7) is 4.12. The van der Waals surface area contributed by atoms with Crippen LogP contribution in [0, 0.1) is 5.92 Å². The Kier molecular flexibility index (Phi) is 5.27. The number of nitrogens with zero attached hydrogens (tertiary/aromatic N) is 1. The van der Waals surface area contributed by atoms with E-state index in [0.717, 1.165) is 18.5 Å². The minimum absolute atomic E-state index is 0.000191. The summed E-state index contributed by atoms with van der Waals surface area (Å²) in [5.74, 6) is 0.394.